The molecule has 26 heavy (non-hydrogen) atoms. The number of imide groups is 1. The molecule has 3 amide bonds. The van der Waals surface area contributed by atoms with Crippen molar-refractivity contribution in [3.8, 4) is 0 Å². The monoisotopic (exact) mass is 366 g/mol. The second-order valence-electron chi connectivity index (χ2n) is 6.15. The summed E-state index contributed by atoms with van der Waals surface area (Å²) in [6.45, 7) is 1.33. The minimum atomic E-state index is -4.46. The highest BCUT2D eigenvalue weighted by Gasteiger charge is 2.48. The van der Waals surface area contributed by atoms with Crippen molar-refractivity contribution in [3.05, 3.63) is 71.0 Å². The zero-order valence-corrected chi connectivity index (χ0v) is 13.6. The first-order chi connectivity index (χ1) is 12.1. The number of nitrogens with zero attached hydrogens (tertiary/aromatic N) is 1. The number of rotatable bonds is 3. The molecular formula is C18H14F4N2O2. The number of hydrogen-bond acceptors (Lipinski definition) is 2. The lowest BCUT2D eigenvalue weighted by molar-refractivity contribution is -0.137. The Bertz CT molecular complexity index is 847. The van der Waals surface area contributed by atoms with Crippen LogP contribution < -0.4 is 5.32 Å². The van der Waals surface area contributed by atoms with Crippen molar-refractivity contribution in [2.75, 3.05) is 0 Å². The lowest BCUT2D eigenvalue weighted by Crippen LogP contribution is -2.40. The van der Waals surface area contributed by atoms with Gasteiger partial charge in [0.25, 0.3) is 5.91 Å². The molecule has 2 aromatic carbocycles. The SMILES string of the molecule is CC1(c2ccc(F)cc2)NC(=O)N(Cc2ccc(C(F)(F)F)cc2)C1=O. The Balaban J connectivity index is 1.82. The molecule has 136 valence electrons. The van der Waals surface area contributed by atoms with E-state index in [-0.39, 0.29) is 6.54 Å². The summed E-state index contributed by atoms with van der Waals surface area (Å²) in [6, 6.07) is 8.72. The maximum absolute atomic E-state index is 13.1. The summed E-state index contributed by atoms with van der Waals surface area (Å²) in [5.41, 5.74) is -1.39. The van der Waals surface area contributed by atoms with Crippen LogP contribution in [0.25, 0.3) is 0 Å². The van der Waals surface area contributed by atoms with Gasteiger partial charge in [-0.25, -0.2) is 9.18 Å². The average Bonchev–Trinajstić information content (AvgIpc) is 2.79. The predicted octanol–water partition coefficient (Wildman–Crippen LogP) is 3.81. The number of halogens is 4. The van der Waals surface area contributed by atoms with Gasteiger partial charge >= 0.3 is 12.2 Å². The molecule has 3 rings (SSSR count). The Hall–Kier alpha value is -2.90. The summed E-state index contributed by atoms with van der Waals surface area (Å²) in [5.74, 6) is -1.04. The molecule has 1 atom stereocenters. The quantitative estimate of drug-likeness (QED) is 0.663. The highest BCUT2D eigenvalue weighted by atomic mass is 19.4. The lowest BCUT2D eigenvalue weighted by atomic mass is 9.92. The highest BCUT2D eigenvalue weighted by molar-refractivity contribution is 6.07. The Labute approximate surface area is 146 Å². The van der Waals surface area contributed by atoms with Crippen LogP contribution in [0.1, 0.15) is 23.6 Å². The Morgan fingerprint density at radius 1 is 1.00 bits per heavy atom. The number of carbonyl (C=O) groups excluding carboxylic acids is 2. The van der Waals surface area contributed by atoms with E-state index in [9.17, 15) is 27.2 Å². The molecule has 1 heterocycles. The normalized spacial score (nSPS) is 20.4. The lowest BCUT2D eigenvalue weighted by Gasteiger charge is -2.22. The van der Waals surface area contributed by atoms with Gasteiger partial charge in [-0.2, -0.15) is 13.2 Å². The van der Waals surface area contributed by atoms with Crippen molar-refractivity contribution in [2.45, 2.75) is 25.2 Å². The first-order valence-corrected chi connectivity index (χ1v) is 7.67. The van der Waals surface area contributed by atoms with Gasteiger partial charge in [-0.05, 0) is 42.3 Å². The number of nitrogens with one attached hydrogen (secondary N) is 1. The average molecular weight is 366 g/mol. The van der Waals surface area contributed by atoms with Gasteiger partial charge in [-0.3, -0.25) is 9.69 Å². The molecule has 4 nitrogen and oxygen atoms in total. The predicted molar refractivity (Wildman–Crippen MR) is 84.3 cm³/mol. The Morgan fingerprint density at radius 3 is 2.12 bits per heavy atom. The van der Waals surface area contributed by atoms with Crippen molar-refractivity contribution in [1.82, 2.24) is 10.2 Å². The number of urea groups is 1. The number of amides is 3. The van der Waals surface area contributed by atoms with E-state index in [1.165, 1.54) is 43.3 Å². The summed E-state index contributed by atoms with van der Waals surface area (Å²) >= 11 is 0. The van der Waals surface area contributed by atoms with E-state index >= 15 is 0 Å². The third-order valence-corrected chi connectivity index (χ3v) is 4.32. The van der Waals surface area contributed by atoms with E-state index in [0.717, 1.165) is 17.0 Å². The molecule has 1 N–H and O–H groups in total. The standard InChI is InChI=1S/C18H14F4N2O2/c1-17(12-6-8-14(19)9-7-12)15(25)24(16(26)23-17)10-11-2-4-13(5-3-11)18(20,21)22/h2-9H,10H2,1H3,(H,23,26). The molecule has 0 radical (unpaired) electrons. The van der Waals surface area contributed by atoms with E-state index < -0.39 is 35.0 Å². The van der Waals surface area contributed by atoms with Gasteiger partial charge in [-0.1, -0.05) is 24.3 Å². The molecule has 1 aliphatic rings. The van der Waals surface area contributed by atoms with Crippen LogP contribution in [0.4, 0.5) is 22.4 Å². The van der Waals surface area contributed by atoms with Crippen LogP contribution in [0.5, 0.6) is 0 Å². The molecule has 0 bridgehead atoms. The fraction of sp³-hybridized carbons (Fsp3) is 0.222. The number of alkyl halides is 3. The molecule has 0 aliphatic carbocycles. The number of carbonyl (C=O) groups is 2. The van der Waals surface area contributed by atoms with Crippen LogP contribution in [0.2, 0.25) is 0 Å². The second-order valence-corrected chi connectivity index (χ2v) is 6.15. The van der Waals surface area contributed by atoms with Crippen LogP contribution in [0, 0.1) is 5.82 Å². The van der Waals surface area contributed by atoms with Crippen LogP contribution in [0.15, 0.2) is 48.5 Å². The zero-order valence-electron chi connectivity index (χ0n) is 13.6. The minimum Gasteiger partial charge on any atom is -0.319 e. The van der Waals surface area contributed by atoms with Gasteiger partial charge in [0.15, 0.2) is 0 Å². The third kappa shape index (κ3) is 3.14. The summed E-state index contributed by atoms with van der Waals surface area (Å²) in [6.07, 6.45) is -4.46. The summed E-state index contributed by atoms with van der Waals surface area (Å²) in [4.78, 5) is 25.9. The van der Waals surface area contributed by atoms with Crippen molar-refractivity contribution < 1.29 is 27.2 Å². The molecule has 2 aromatic rings. The van der Waals surface area contributed by atoms with Crippen molar-refractivity contribution in [1.29, 1.82) is 0 Å². The molecular weight excluding hydrogens is 352 g/mol. The van der Waals surface area contributed by atoms with Gasteiger partial charge in [0.1, 0.15) is 11.4 Å². The van der Waals surface area contributed by atoms with Gasteiger partial charge in [0.05, 0.1) is 12.1 Å². The maximum atomic E-state index is 13.1. The summed E-state index contributed by atoms with van der Waals surface area (Å²) in [5, 5.41) is 2.56. The van der Waals surface area contributed by atoms with E-state index in [1.807, 2.05) is 0 Å². The molecule has 0 spiro atoms. The van der Waals surface area contributed by atoms with Gasteiger partial charge < -0.3 is 5.32 Å². The van der Waals surface area contributed by atoms with E-state index in [2.05, 4.69) is 5.32 Å². The molecule has 8 heteroatoms. The van der Waals surface area contributed by atoms with E-state index in [4.69, 9.17) is 0 Å². The smallest absolute Gasteiger partial charge is 0.319 e. The van der Waals surface area contributed by atoms with Crippen molar-refractivity contribution >= 4 is 11.9 Å². The third-order valence-electron chi connectivity index (χ3n) is 4.32. The van der Waals surface area contributed by atoms with Crippen molar-refractivity contribution in [2.24, 2.45) is 0 Å². The first-order valence-electron chi connectivity index (χ1n) is 7.67. The molecule has 0 aromatic heterocycles. The largest absolute Gasteiger partial charge is 0.416 e. The molecule has 1 saturated heterocycles. The van der Waals surface area contributed by atoms with Gasteiger partial charge in [0, 0.05) is 0 Å². The number of hydrogen-bond donors (Lipinski definition) is 1. The topological polar surface area (TPSA) is 49.4 Å². The highest BCUT2D eigenvalue weighted by Crippen LogP contribution is 2.31. The van der Waals surface area contributed by atoms with E-state index in [1.54, 1.807) is 0 Å². The van der Waals surface area contributed by atoms with Gasteiger partial charge in [0.2, 0.25) is 0 Å². The number of benzene rings is 2. The minimum absolute atomic E-state index is 0.167. The Kier molecular flexibility index (Phi) is 4.21. The first kappa shape index (κ1) is 17.9. The molecule has 1 aliphatic heterocycles. The summed E-state index contributed by atoms with van der Waals surface area (Å²) in [7, 11) is 0. The molecule has 1 fully saturated rings. The van der Waals surface area contributed by atoms with Crippen LogP contribution in [-0.4, -0.2) is 16.8 Å². The zero-order chi connectivity index (χ0) is 19.1. The maximum Gasteiger partial charge on any atom is 0.416 e. The van der Waals surface area contributed by atoms with Crippen molar-refractivity contribution in [3.63, 3.8) is 0 Å². The van der Waals surface area contributed by atoms with Gasteiger partial charge in [-0.15, -0.1) is 0 Å². The fourth-order valence-corrected chi connectivity index (χ4v) is 2.80. The van der Waals surface area contributed by atoms with Crippen LogP contribution in [-0.2, 0) is 23.1 Å². The fourth-order valence-electron chi connectivity index (χ4n) is 2.80. The second kappa shape index (κ2) is 6.12. The van der Waals surface area contributed by atoms with Crippen LogP contribution in [0.3, 0.4) is 0 Å². The molecule has 0 saturated carbocycles. The summed E-state index contributed by atoms with van der Waals surface area (Å²) < 4.78 is 50.9. The Morgan fingerprint density at radius 2 is 1.58 bits per heavy atom. The molecule has 1 unspecified atom stereocenters. The van der Waals surface area contributed by atoms with E-state index in [0.29, 0.717) is 11.1 Å². The van der Waals surface area contributed by atoms with Crippen LogP contribution >= 0.6 is 0 Å².